The summed E-state index contributed by atoms with van der Waals surface area (Å²) in [6, 6.07) is 3.57. The summed E-state index contributed by atoms with van der Waals surface area (Å²) < 4.78 is 29.4. The number of aryl methyl sites for hydroxylation is 1. The van der Waals surface area contributed by atoms with Crippen molar-refractivity contribution in [3.63, 3.8) is 0 Å². The van der Waals surface area contributed by atoms with Gasteiger partial charge in [0.15, 0.2) is 5.96 Å². The number of aliphatic imine (C=N–C) groups is 1. The van der Waals surface area contributed by atoms with Crippen LogP contribution in [0, 0.1) is 11.6 Å². The zero-order valence-corrected chi connectivity index (χ0v) is 18.4. The van der Waals surface area contributed by atoms with Crippen molar-refractivity contribution in [1.29, 1.82) is 0 Å². The van der Waals surface area contributed by atoms with Crippen LogP contribution in [0.5, 0.6) is 0 Å². The Morgan fingerprint density at radius 3 is 2.64 bits per heavy atom. The summed E-state index contributed by atoms with van der Waals surface area (Å²) in [6.07, 6.45) is 2.57. The van der Waals surface area contributed by atoms with E-state index in [1.807, 2.05) is 16.4 Å². The number of nitrogens with one attached hydrogen (secondary N) is 1. The molecule has 1 fully saturated rings. The molecule has 1 aromatic heterocycles. The first-order valence-corrected chi connectivity index (χ1v) is 9.14. The summed E-state index contributed by atoms with van der Waals surface area (Å²) in [6.45, 7) is 6.08. The molecule has 0 unspecified atom stereocenters. The number of anilines is 1. The van der Waals surface area contributed by atoms with Crippen LogP contribution in [-0.2, 0) is 13.0 Å². The molecule has 0 bridgehead atoms. The second-order valence-corrected chi connectivity index (χ2v) is 6.34. The van der Waals surface area contributed by atoms with Crippen molar-refractivity contribution in [2.24, 2.45) is 4.99 Å². The summed E-state index contributed by atoms with van der Waals surface area (Å²) >= 11 is 0. The average Bonchev–Trinajstić information content (AvgIpc) is 3.15. The Balaban J connectivity index is 0.00000280. The highest BCUT2D eigenvalue weighted by molar-refractivity contribution is 14.0. The van der Waals surface area contributed by atoms with Crippen LogP contribution in [0.3, 0.4) is 0 Å². The lowest BCUT2D eigenvalue weighted by Gasteiger charge is -2.37. The Kier molecular flexibility index (Phi) is 8.39. The van der Waals surface area contributed by atoms with Gasteiger partial charge in [0.2, 0.25) is 0 Å². The Labute approximate surface area is 180 Å². The molecule has 28 heavy (non-hydrogen) atoms. The van der Waals surface area contributed by atoms with Crippen molar-refractivity contribution in [3.8, 4) is 0 Å². The van der Waals surface area contributed by atoms with Crippen molar-refractivity contribution in [2.45, 2.75) is 19.9 Å². The monoisotopic (exact) mass is 505 g/mol. The molecule has 1 saturated heterocycles. The van der Waals surface area contributed by atoms with E-state index in [-0.39, 0.29) is 24.0 Å². The van der Waals surface area contributed by atoms with Crippen molar-refractivity contribution in [3.05, 3.63) is 42.0 Å². The number of hydrogen-bond acceptors (Lipinski definition) is 4. The first-order valence-electron chi connectivity index (χ1n) is 9.14. The lowest BCUT2D eigenvalue weighted by atomic mass is 10.2. The highest BCUT2D eigenvalue weighted by atomic mass is 127. The molecule has 1 aliphatic heterocycles. The van der Waals surface area contributed by atoms with E-state index in [0.29, 0.717) is 38.4 Å². The molecule has 1 aliphatic rings. The summed E-state index contributed by atoms with van der Waals surface area (Å²) in [7, 11) is 1.75. The van der Waals surface area contributed by atoms with Crippen LogP contribution in [0.1, 0.15) is 12.7 Å². The van der Waals surface area contributed by atoms with Gasteiger partial charge in [0.25, 0.3) is 0 Å². The molecular weight excluding hydrogens is 479 g/mol. The third kappa shape index (κ3) is 5.30. The number of aromatic nitrogens is 3. The van der Waals surface area contributed by atoms with Crippen molar-refractivity contribution in [1.82, 2.24) is 25.0 Å². The fraction of sp³-hybridized carbons (Fsp3) is 0.500. The van der Waals surface area contributed by atoms with Crippen molar-refractivity contribution in [2.75, 3.05) is 44.7 Å². The molecule has 0 aliphatic carbocycles. The summed E-state index contributed by atoms with van der Waals surface area (Å²) in [5, 5.41) is 11.4. The number of hydrogen-bond donors (Lipinski definition) is 1. The molecule has 2 aromatic rings. The Bertz CT molecular complexity index is 788. The fourth-order valence-corrected chi connectivity index (χ4v) is 3.25. The minimum atomic E-state index is -0.424. The highest BCUT2D eigenvalue weighted by Gasteiger charge is 2.22. The van der Waals surface area contributed by atoms with Gasteiger partial charge in [0, 0.05) is 58.8 Å². The number of halogens is 3. The third-order valence-corrected chi connectivity index (χ3v) is 4.69. The number of nitrogens with zero attached hydrogens (tertiary/aromatic N) is 6. The molecule has 3 rings (SSSR count). The Hall–Kier alpha value is -1.98. The normalized spacial score (nSPS) is 14.8. The van der Waals surface area contributed by atoms with E-state index in [1.54, 1.807) is 13.4 Å². The van der Waals surface area contributed by atoms with Gasteiger partial charge in [-0.3, -0.25) is 4.99 Å². The molecule has 0 saturated carbocycles. The van der Waals surface area contributed by atoms with E-state index in [2.05, 4.69) is 25.4 Å². The van der Waals surface area contributed by atoms with E-state index in [4.69, 9.17) is 0 Å². The third-order valence-electron chi connectivity index (χ3n) is 4.69. The summed E-state index contributed by atoms with van der Waals surface area (Å²) in [5.41, 5.74) is 0.317. The molecule has 0 atom stereocenters. The molecule has 1 N–H and O–H groups in total. The van der Waals surface area contributed by atoms with Gasteiger partial charge in [-0.05, 0) is 12.1 Å². The number of piperazine rings is 1. The minimum absolute atomic E-state index is 0. The molecule has 0 spiro atoms. The molecule has 154 valence electrons. The zero-order chi connectivity index (χ0) is 19.2. The van der Waals surface area contributed by atoms with Gasteiger partial charge in [-0.15, -0.1) is 34.2 Å². The smallest absolute Gasteiger partial charge is 0.193 e. The van der Waals surface area contributed by atoms with Crippen molar-refractivity contribution < 1.29 is 8.78 Å². The number of rotatable bonds is 5. The maximum absolute atomic E-state index is 14.0. The maximum atomic E-state index is 14.0. The zero-order valence-electron chi connectivity index (χ0n) is 16.1. The minimum Gasteiger partial charge on any atom is -0.366 e. The second kappa shape index (κ2) is 10.5. The van der Waals surface area contributed by atoms with Gasteiger partial charge in [-0.2, -0.15) is 0 Å². The summed E-state index contributed by atoms with van der Waals surface area (Å²) in [4.78, 5) is 8.33. The van der Waals surface area contributed by atoms with Gasteiger partial charge in [-0.1, -0.05) is 6.92 Å². The van der Waals surface area contributed by atoms with E-state index < -0.39 is 11.6 Å². The van der Waals surface area contributed by atoms with Crippen molar-refractivity contribution >= 4 is 35.6 Å². The van der Waals surface area contributed by atoms with Gasteiger partial charge in [-0.25, -0.2) is 8.78 Å². The van der Waals surface area contributed by atoms with Gasteiger partial charge in [0.1, 0.15) is 23.8 Å². The maximum Gasteiger partial charge on any atom is 0.193 e. The highest BCUT2D eigenvalue weighted by Crippen LogP contribution is 2.21. The topological polar surface area (TPSA) is 61.6 Å². The van der Waals surface area contributed by atoms with E-state index in [9.17, 15) is 8.78 Å². The molecule has 0 amide bonds. The lowest BCUT2D eigenvalue weighted by molar-refractivity contribution is 0.369. The molecule has 0 radical (unpaired) electrons. The van der Waals surface area contributed by atoms with Crippen LogP contribution >= 0.6 is 24.0 Å². The average molecular weight is 505 g/mol. The fourth-order valence-electron chi connectivity index (χ4n) is 3.25. The lowest BCUT2D eigenvalue weighted by Crippen LogP contribution is -2.53. The predicted octanol–water partition coefficient (Wildman–Crippen LogP) is 2.13. The number of guanidine groups is 1. The van der Waals surface area contributed by atoms with Crippen LogP contribution in [0.4, 0.5) is 14.5 Å². The number of benzene rings is 1. The van der Waals surface area contributed by atoms with Gasteiger partial charge >= 0.3 is 0 Å². The first kappa shape index (κ1) is 22.3. The Morgan fingerprint density at radius 2 is 1.96 bits per heavy atom. The molecule has 1 aromatic carbocycles. The molecular formula is C18H26F2IN7. The molecule has 10 heteroatoms. The van der Waals surface area contributed by atoms with Crippen LogP contribution < -0.4 is 10.2 Å². The Morgan fingerprint density at radius 1 is 1.21 bits per heavy atom. The summed E-state index contributed by atoms with van der Waals surface area (Å²) in [5.74, 6) is 0.942. The van der Waals surface area contributed by atoms with Gasteiger partial charge < -0.3 is 19.7 Å². The van der Waals surface area contributed by atoms with Crippen LogP contribution in [0.25, 0.3) is 0 Å². The van der Waals surface area contributed by atoms with E-state index in [1.165, 1.54) is 12.1 Å². The standard InChI is InChI=1S/C18H25F2N7.HI/c1-3-17-24-23-13-27(17)7-6-22-18(21-2)26-10-8-25(9-11-26)16-12-14(19)4-5-15(16)20;/h4-5,12-13H,3,6-11H2,1-2H3,(H,21,22);1H. The van der Waals surface area contributed by atoms with E-state index in [0.717, 1.165) is 30.8 Å². The SMILES string of the molecule is CCc1nncn1CCNC(=NC)N1CCN(c2cc(F)ccc2F)CC1.I. The molecule has 7 nitrogen and oxygen atoms in total. The largest absolute Gasteiger partial charge is 0.366 e. The van der Waals surface area contributed by atoms with Crippen LogP contribution in [0.15, 0.2) is 29.5 Å². The first-order chi connectivity index (χ1) is 13.1. The van der Waals surface area contributed by atoms with E-state index >= 15 is 0 Å². The molecule has 2 heterocycles. The van der Waals surface area contributed by atoms with Crippen LogP contribution in [0.2, 0.25) is 0 Å². The predicted molar refractivity (Wildman–Crippen MR) is 116 cm³/mol. The van der Waals surface area contributed by atoms with Crippen LogP contribution in [-0.4, -0.2) is 65.4 Å². The second-order valence-electron chi connectivity index (χ2n) is 6.34. The quantitative estimate of drug-likeness (QED) is 0.384. The van der Waals surface area contributed by atoms with Gasteiger partial charge in [0.05, 0.1) is 5.69 Å².